The van der Waals surface area contributed by atoms with Crippen molar-refractivity contribution >= 4 is 17.1 Å². The van der Waals surface area contributed by atoms with Crippen LogP contribution in [0.4, 0.5) is 5.95 Å². The van der Waals surface area contributed by atoms with Crippen LogP contribution in [0, 0.1) is 5.92 Å². The molecular formula is C12H16N4O. The first-order chi connectivity index (χ1) is 8.36. The Morgan fingerprint density at radius 3 is 3.29 bits per heavy atom. The van der Waals surface area contributed by atoms with Crippen molar-refractivity contribution in [1.82, 2.24) is 15.0 Å². The average molecular weight is 232 g/mol. The lowest BCUT2D eigenvalue weighted by Gasteiger charge is -2.31. The van der Waals surface area contributed by atoms with Crippen LogP contribution in [-0.2, 0) is 0 Å². The molecule has 1 aliphatic heterocycles. The van der Waals surface area contributed by atoms with E-state index in [2.05, 4.69) is 19.9 Å². The molecule has 90 valence electrons. The average Bonchev–Trinajstić information content (AvgIpc) is 2.82. The highest BCUT2D eigenvalue weighted by molar-refractivity contribution is 5.73. The fourth-order valence-corrected chi connectivity index (χ4v) is 2.39. The van der Waals surface area contributed by atoms with Gasteiger partial charge < -0.3 is 15.0 Å². The van der Waals surface area contributed by atoms with Crippen LogP contribution in [0.2, 0.25) is 0 Å². The molecule has 3 rings (SSSR count). The number of nitrogens with one attached hydrogen (secondary N) is 1. The molecule has 0 radical (unpaired) electrons. The number of hydrogen-bond acceptors (Lipinski definition) is 4. The number of aromatic nitrogens is 3. The Morgan fingerprint density at radius 1 is 1.53 bits per heavy atom. The zero-order valence-corrected chi connectivity index (χ0v) is 9.63. The number of fused-ring (bicyclic) bond motifs is 1. The molecule has 1 fully saturated rings. The first-order valence-corrected chi connectivity index (χ1v) is 6.03. The molecule has 0 bridgehead atoms. The van der Waals surface area contributed by atoms with Crippen LogP contribution in [0.25, 0.3) is 11.2 Å². The van der Waals surface area contributed by atoms with Crippen molar-refractivity contribution in [2.45, 2.75) is 12.8 Å². The van der Waals surface area contributed by atoms with E-state index in [4.69, 9.17) is 0 Å². The minimum Gasteiger partial charge on any atom is -0.396 e. The Morgan fingerprint density at radius 2 is 2.47 bits per heavy atom. The van der Waals surface area contributed by atoms with Gasteiger partial charge in [-0.05, 0) is 30.9 Å². The Kier molecular flexibility index (Phi) is 2.68. The van der Waals surface area contributed by atoms with E-state index < -0.39 is 0 Å². The lowest BCUT2D eigenvalue weighted by molar-refractivity contribution is 0.208. The summed E-state index contributed by atoms with van der Waals surface area (Å²) >= 11 is 0. The molecule has 5 heteroatoms. The number of aliphatic hydroxyl groups is 1. The number of aromatic amines is 1. The summed E-state index contributed by atoms with van der Waals surface area (Å²) in [7, 11) is 0. The van der Waals surface area contributed by atoms with Gasteiger partial charge in [-0.1, -0.05) is 0 Å². The minimum absolute atomic E-state index is 0.259. The molecule has 0 saturated carbocycles. The van der Waals surface area contributed by atoms with Gasteiger partial charge in [-0.2, -0.15) is 4.98 Å². The van der Waals surface area contributed by atoms with E-state index in [1.165, 1.54) is 0 Å². The van der Waals surface area contributed by atoms with Crippen LogP contribution >= 0.6 is 0 Å². The maximum absolute atomic E-state index is 9.23. The summed E-state index contributed by atoms with van der Waals surface area (Å²) in [6.07, 6.45) is 3.96. The molecule has 17 heavy (non-hydrogen) atoms. The summed E-state index contributed by atoms with van der Waals surface area (Å²) in [5.74, 6) is 1.24. The zero-order chi connectivity index (χ0) is 11.7. The number of pyridine rings is 1. The van der Waals surface area contributed by atoms with E-state index in [0.717, 1.165) is 43.0 Å². The van der Waals surface area contributed by atoms with E-state index in [1.807, 2.05) is 12.1 Å². The molecule has 0 aliphatic carbocycles. The molecule has 1 saturated heterocycles. The van der Waals surface area contributed by atoms with Crippen LogP contribution in [0.1, 0.15) is 12.8 Å². The first kappa shape index (κ1) is 10.5. The van der Waals surface area contributed by atoms with Crippen LogP contribution < -0.4 is 4.90 Å². The Hall–Kier alpha value is -1.62. The number of anilines is 1. The van der Waals surface area contributed by atoms with E-state index in [0.29, 0.717) is 5.92 Å². The van der Waals surface area contributed by atoms with Gasteiger partial charge in [-0.15, -0.1) is 0 Å². The quantitative estimate of drug-likeness (QED) is 0.815. The van der Waals surface area contributed by atoms with E-state index in [1.54, 1.807) is 6.20 Å². The number of aliphatic hydroxyl groups excluding tert-OH is 1. The highest BCUT2D eigenvalue weighted by Gasteiger charge is 2.21. The Balaban J connectivity index is 1.87. The third-order valence-electron chi connectivity index (χ3n) is 3.32. The molecule has 2 N–H and O–H groups in total. The fraction of sp³-hybridized carbons (Fsp3) is 0.500. The third-order valence-corrected chi connectivity index (χ3v) is 3.32. The second-order valence-electron chi connectivity index (χ2n) is 4.57. The van der Waals surface area contributed by atoms with Crippen LogP contribution in [0.15, 0.2) is 18.3 Å². The van der Waals surface area contributed by atoms with Crippen molar-refractivity contribution in [2.24, 2.45) is 5.92 Å². The van der Waals surface area contributed by atoms with Crippen LogP contribution in [0.5, 0.6) is 0 Å². The number of hydrogen-bond donors (Lipinski definition) is 2. The largest absolute Gasteiger partial charge is 0.396 e. The summed E-state index contributed by atoms with van der Waals surface area (Å²) in [4.78, 5) is 14.2. The highest BCUT2D eigenvalue weighted by Crippen LogP contribution is 2.22. The smallest absolute Gasteiger partial charge is 0.205 e. The van der Waals surface area contributed by atoms with Crippen LogP contribution in [-0.4, -0.2) is 39.8 Å². The maximum Gasteiger partial charge on any atom is 0.205 e. The Labute approximate surface area is 99.5 Å². The van der Waals surface area contributed by atoms with Crippen molar-refractivity contribution in [1.29, 1.82) is 0 Å². The fourth-order valence-electron chi connectivity index (χ4n) is 2.39. The number of imidazole rings is 1. The monoisotopic (exact) mass is 232 g/mol. The van der Waals surface area contributed by atoms with Crippen molar-refractivity contribution in [3.05, 3.63) is 18.3 Å². The lowest BCUT2D eigenvalue weighted by Crippen LogP contribution is -2.37. The lowest BCUT2D eigenvalue weighted by atomic mass is 9.99. The maximum atomic E-state index is 9.23. The number of rotatable bonds is 2. The van der Waals surface area contributed by atoms with Gasteiger partial charge in [0.25, 0.3) is 0 Å². The van der Waals surface area contributed by atoms with Gasteiger partial charge >= 0.3 is 0 Å². The SMILES string of the molecule is OCC1CCCN(c2nc3ncccc3[nH]2)C1. The molecule has 0 spiro atoms. The van der Waals surface area contributed by atoms with E-state index in [-0.39, 0.29) is 6.61 Å². The molecule has 1 unspecified atom stereocenters. The molecule has 0 aromatic carbocycles. The van der Waals surface area contributed by atoms with Gasteiger partial charge in [0.05, 0.1) is 5.52 Å². The van der Waals surface area contributed by atoms with Crippen molar-refractivity contribution in [3.8, 4) is 0 Å². The van der Waals surface area contributed by atoms with Gasteiger partial charge in [-0.25, -0.2) is 4.98 Å². The molecule has 2 aromatic heterocycles. The summed E-state index contributed by atoms with van der Waals surface area (Å²) in [6, 6.07) is 3.88. The molecule has 5 nitrogen and oxygen atoms in total. The first-order valence-electron chi connectivity index (χ1n) is 6.03. The molecule has 2 aromatic rings. The van der Waals surface area contributed by atoms with Gasteiger partial charge in [0.15, 0.2) is 5.65 Å². The third kappa shape index (κ3) is 1.98. The number of nitrogens with zero attached hydrogens (tertiary/aromatic N) is 3. The second kappa shape index (κ2) is 4.33. The van der Waals surface area contributed by atoms with E-state index >= 15 is 0 Å². The topological polar surface area (TPSA) is 65.0 Å². The normalized spacial score (nSPS) is 21.0. The van der Waals surface area contributed by atoms with E-state index in [9.17, 15) is 5.11 Å². The van der Waals surface area contributed by atoms with Crippen molar-refractivity contribution in [2.75, 3.05) is 24.6 Å². The number of H-pyrrole nitrogens is 1. The summed E-state index contributed by atoms with van der Waals surface area (Å²) in [5.41, 5.74) is 1.72. The zero-order valence-electron chi connectivity index (χ0n) is 9.63. The molecular weight excluding hydrogens is 216 g/mol. The van der Waals surface area contributed by atoms with Crippen molar-refractivity contribution < 1.29 is 5.11 Å². The van der Waals surface area contributed by atoms with Crippen molar-refractivity contribution in [3.63, 3.8) is 0 Å². The molecule has 1 aliphatic rings. The minimum atomic E-state index is 0.259. The standard InChI is InChI=1S/C12H16N4O/c17-8-9-3-2-6-16(7-9)12-14-10-4-1-5-13-11(10)15-12/h1,4-5,9,17H,2-3,6-8H2,(H,13,14,15). The van der Waals surface area contributed by atoms with Gasteiger partial charge in [0, 0.05) is 25.9 Å². The van der Waals surface area contributed by atoms with Gasteiger partial charge in [-0.3, -0.25) is 0 Å². The van der Waals surface area contributed by atoms with Gasteiger partial charge in [0.2, 0.25) is 5.95 Å². The summed E-state index contributed by atoms with van der Waals surface area (Å²) < 4.78 is 0. The molecule has 0 amide bonds. The highest BCUT2D eigenvalue weighted by atomic mass is 16.3. The second-order valence-corrected chi connectivity index (χ2v) is 4.57. The Bertz CT molecular complexity index is 477. The molecule has 3 heterocycles. The van der Waals surface area contributed by atoms with Crippen LogP contribution in [0.3, 0.4) is 0 Å². The summed E-state index contributed by atoms with van der Waals surface area (Å²) in [6.45, 7) is 2.13. The number of piperidine rings is 1. The predicted molar refractivity (Wildman–Crippen MR) is 65.9 cm³/mol. The predicted octanol–water partition coefficient (Wildman–Crippen LogP) is 1.17. The molecule has 1 atom stereocenters. The van der Waals surface area contributed by atoms with Gasteiger partial charge in [0.1, 0.15) is 0 Å². The summed E-state index contributed by atoms with van der Waals surface area (Å²) in [5, 5.41) is 9.23.